The van der Waals surface area contributed by atoms with Gasteiger partial charge in [-0.3, -0.25) is 9.59 Å². The molecule has 8 heteroatoms. The largest absolute Gasteiger partial charge is 0.480 e. The number of hydrogen-bond donors (Lipinski definition) is 1. The number of amides is 1. The molecule has 1 N–H and O–H groups in total. The maximum absolute atomic E-state index is 12.5. The summed E-state index contributed by atoms with van der Waals surface area (Å²) in [7, 11) is 0. The molecular formula is C16H17Cl2N3O3. The highest BCUT2D eigenvalue weighted by Crippen LogP contribution is 2.24. The molecule has 0 unspecified atom stereocenters. The monoisotopic (exact) mass is 369 g/mol. The average Bonchev–Trinajstić information content (AvgIpc) is 2.97. The Bertz CT molecular complexity index is 759. The summed E-state index contributed by atoms with van der Waals surface area (Å²) in [5.74, 6) is -1.34. The topological polar surface area (TPSA) is 75.4 Å². The van der Waals surface area contributed by atoms with Crippen molar-refractivity contribution in [2.45, 2.75) is 13.8 Å². The zero-order chi connectivity index (χ0) is 17.9. The van der Waals surface area contributed by atoms with Crippen LogP contribution >= 0.6 is 23.2 Å². The minimum Gasteiger partial charge on any atom is -0.480 e. The van der Waals surface area contributed by atoms with Crippen LogP contribution in [0.25, 0.3) is 5.69 Å². The van der Waals surface area contributed by atoms with Crippen molar-refractivity contribution in [2.75, 3.05) is 13.1 Å². The van der Waals surface area contributed by atoms with Crippen molar-refractivity contribution < 1.29 is 14.7 Å². The fraction of sp³-hybridized carbons (Fsp3) is 0.312. The van der Waals surface area contributed by atoms with Gasteiger partial charge in [-0.2, -0.15) is 5.10 Å². The van der Waals surface area contributed by atoms with Crippen LogP contribution in [0.5, 0.6) is 0 Å². The van der Waals surface area contributed by atoms with Gasteiger partial charge < -0.3 is 10.0 Å². The third kappa shape index (κ3) is 4.49. The third-order valence-corrected chi connectivity index (χ3v) is 3.91. The van der Waals surface area contributed by atoms with Crippen LogP contribution in [0.1, 0.15) is 24.3 Å². The Hall–Kier alpha value is -2.05. The lowest BCUT2D eigenvalue weighted by molar-refractivity contribution is -0.137. The molecule has 1 amide bonds. The SMILES string of the molecule is CC(C)CN(CC(=O)O)C(=O)c1ccn(-c2ccc(Cl)c(Cl)c2)n1. The molecule has 0 aliphatic heterocycles. The molecule has 0 atom stereocenters. The lowest BCUT2D eigenvalue weighted by atomic mass is 10.2. The first-order valence-electron chi connectivity index (χ1n) is 7.30. The number of halogens is 2. The van der Waals surface area contributed by atoms with Crippen molar-refractivity contribution in [3.8, 4) is 5.69 Å². The molecule has 24 heavy (non-hydrogen) atoms. The number of carbonyl (C=O) groups is 2. The lowest BCUT2D eigenvalue weighted by Gasteiger charge is -2.21. The summed E-state index contributed by atoms with van der Waals surface area (Å²) in [5.41, 5.74) is 0.820. The van der Waals surface area contributed by atoms with Crippen LogP contribution in [0.2, 0.25) is 10.0 Å². The minimum absolute atomic E-state index is 0.144. The molecule has 0 saturated carbocycles. The molecule has 0 aliphatic carbocycles. The molecular weight excluding hydrogens is 353 g/mol. The molecule has 0 radical (unpaired) electrons. The van der Waals surface area contributed by atoms with Gasteiger partial charge >= 0.3 is 5.97 Å². The van der Waals surface area contributed by atoms with Crippen molar-refractivity contribution in [1.82, 2.24) is 14.7 Å². The van der Waals surface area contributed by atoms with Crippen molar-refractivity contribution in [3.63, 3.8) is 0 Å². The van der Waals surface area contributed by atoms with Crippen molar-refractivity contribution in [1.29, 1.82) is 0 Å². The van der Waals surface area contributed by atoms with Crippen LogP contribution in [0.3, 0.4) is 0 Å². The van der Waals surface area contributed by atoms with Crippen molar-refractivity contribution in [2.24, 2.45) is 5.92 Å². The first kappa shape index (κ1) is 18.3. The van der Waals surface area contributed by atoms with E-state index in [0.717, 1.165) is 0 Å². The molecule has 2 aromatic rings. The summed E-state index contributed by atoms with van der Waals surface area (Å²) in [6, 6.07) is 6.53. The first-order valence-corrected chi connectivity index (χ1v) is 8.05. The van der Waals surface area contributed by atoms with Gasteiger partial charge in [-0.1, -0.05) is 37.0 Å². The van der Waals surface area contributed by atoms with Gasteiger partial charge in [-0.15, -0.1) is 0 Å². The summed E-state index contributed by atoms with van der Waals surface area (Å²) >= 11 is 11.9. The minimum atomic E-state index is -1.06. The van der Waals surface area contributed by atoms with Crippen LogP contribution in [0, 0.1) is 5.92 Å². The van der Waals surface area contributed by atoms with Crippen molar-refractivity contribution in [3.05, 3.63) is 46.2 Å². The second-order valence-corrected chi connectivity index (χ2v) is 6.53. The van der Waals surface area contributed by atoms with Gasteiger partial charge in [0.2, 0.25) is 0 Å². The number of hydrogen-bond acceptors (Lipinski definition) is 3. The van der Waals surface area contributed by atoms with Crippen molar-refractivity contribution >= 4 is 35.1 Å². The summed E-state index contributed by atoms with van der Waals surface area (Å²) < 4.78 is 1.49. The van der Waals surface area contributed by atoms with E-state index < -0.39 is 11.9 Å². The van der Waals surface area contributed by atoms with E-state index in [9.17, 15) is 9.59 Å². The fourth-order valence-electron chi connectivity index (χ4n) is 2.19. The lowest BCUT2D eigenvalue weighted by Crippen LogP contribution is -2.38. The molecule has 1 aromatic heterocycles. The zero-order valence-electron chi connectivity index (χ0n) is 13.2. The summed E-state index contributed by atoms with van der Waals surface area (Å²) in [4.78, 5) is 24.8. The van der Waals surface area contributed by atoms with Crippen LogP contribution in [-0.2, 0) is 4.79 Å². The molecule has 0 aliphatic rings. The molecule has 1 heterocycles. The van der Waals surface area contributed by atoms with Gasteiger partial charge in [-0.05, 0) is 30.2 Å². The van der Waals surface area contributed by atoms with E-state index in [2.05, 4.69) is 5.10 Å². The molecule has 0 spiro atoms. The Morgan fingerprint density at radius 3 is 2.54 bits per heavy atom. The maximum atomic E-state index is 12.5. The quantitative estimate of drug-likeness (QED) is 0.846. The fourth-order valence-corrected chi connectivity index (χ4v) is 2.49. The van der Waals surface area contributed by atoms with Crippen LogP contribution in [0.15, 0.2) is 30.5 Å². The zero-order valence-corrected chi connectivity index (χ0v) is 14.8. The van der Waals surface area contributed by atoms with Gasteiger partial charge in [0.05, 0.1) is 15.7 Å². The Morgan fingerprint density at radius 1 is 1.25 bits per heavy atom. The van der Waals surface area contributed by atoms with E-state index in [-0.39, 0.29) is 18.2 Å². The number of carbonyl (C=O) groups excluding carboxylic acids is 1. The standard InChI is InChI=1S/C16H17Cl2N3O3/c1-10(2)8-20(9-15(22)23)16(24)14-5-6-21(19-14)11-3-4-12(17)13(18)7-11/h3-7,10H,8-9H2,1-2H3,(H,22,23). The normalized spacial score (nSPS) is 10.9. The van der Waals surface area contributed by atoms with Gasteiger partial charge in [0.15, 0.2) is 5.69 Å². The highest BCUT2D eigenvalue weighted by molar-refractivity contribution is 6.42. The van der Waals surface area contributed by atoms with E-state index in [1.165, 1.54) is 9.58 Å². The molecule has 128 valence electrons. The highest BCUT2D eigenvalue weighted by atomic mass is 35.5. The van der Waals surface area contributed by atoms with E-state index in [1.807, 2.05) is 13.8 Å². The number of aromatic nitrogens is 2. The first-order chi connectivity index (χ1) is 11.3. The second-order valence-electron chi connectivity index (χ2n) is 5.72. The highest BCUT2D eigenvalue weighted by Gasteiger charge is 2.21. The predicted molar refractivity (Wildman–Crippen MR) is 92.0 cm³/mol. The molecule has 6 nitrogen and oxygen atoms in total. The van der Waals surface area contributed by atoms with E-state index in [4.69, 9.17) is 28.3 Å². The Morgan fingerprint density at radius 2 is 1.96 bits per heavy atom. The van der Waals surface area contributed by atoms with Gasteiger partial charge in [0.1, 0.15) is 6.54 Å². The molecule has 0 fully saturated rings. The Balaban J connectivity index is 2.25. The average molecular weight is 370 g/mol. The van der Waals surface area contributed by atoms with Gasteiger partial charge in [-0.25, -0.2) is 4.68 Å². The summed E-state index contributed by atoms with van der Waals surface area (Å²) in [6.45, 7) is 3.80. The number of benzene rings is 1. The Kier molecular flexibility index (Phi) is 5.85. The summed E-state index contributed by atoms with van der Waals surface area (Å²) in [5, 5.41) is 14.0. The van der Waals surface area contributed by atoms with Crippen LogP contribution in [-0.4, -0.2) is 44.8 Å². The Labute approximate surface area is 149 Å². The second kappa shape index (κ2) is 7.68. The smallest absolute Gasteiger partial charge is 0.323 e. The van der Waals surface area contributed by atoms with Crippen LogP contribution in [0.4, 0.5) is 0 Å². The van der Waals surface area contributed by atoms with Gasteiger partial charge in [0.25, 0.3) is 5.91 Å². The molecule has 1 aromatic carbocycles. The number of aliphatic carboxylic acids is 1. The summed E-state index contributed by atoms with van der Waals surface area (Å²) in [6.07, 6.45) is 1.61. The molecule has 0 bridgehead atoms. The third-order valence-electron chi connectivity index (χ3n) is 3.17. The number of carboxylic acid groups (broad SMARTS) is 1. The predicted octanol–water partition coefficient (Wildman–Crippen LogP) is 3.36. The number of carboxylic acids is 1. The maximum Gasteiger partial charge on any atom is 0.323 e. The number of nitrogens with zero attached hydrogens (tertiary/aromatic N) is 3. The van der Waals surface area contributed by atoms with E-state index in [0.29, 0.717) is 22.3 Å². The van der Waals surface area contributed by atoms with Gasteiger partial charge in [0, 0.05) is 12.7 Å². The number of rotatable bonds is 6. The van der Waals surface area contributed by atoms with Crippen LogP contribution < -0.4 is 0 Å². The molecule has 2 rings (SSSR count). The van der Waals surface area contributed by atoms with E-state index >= 15 is 0 Å². The molecule has 0 saturated heterocycles. The van der Waals surface area contributed by atoms with E-state index in [1.54, 1.807) is 30.5 Å².